The van der Waals surface area contributed by atoms with Gasteiger partial charge in [-0.05, 0) is 37.9 Å². The van der Waals surface area contributed by atoms with E-state index in [4.69, 9.17) is 0 Å². The molecule has 15 heavy (non-hydrogen) atoms. The molecule has 0 heterocycles. The van der Waals surface area contributed by atoms with E-state index in [-0.39, 0.29) is 0 Å². The summed E-state index contributed by atoms with van der Waals surface area (Å²) in [5, 5.41) is 0.303. The molecule has 0 atom stereocenters. The minimum Gasteiger partial charge on any atom is -0.319 e. The first kappa shape index (κ1) is 12.3. The van der Waals surface area contributed by atoms with Crippen LogP contribution >= 0.6 is 7.14 Å². The third kappa shape index (κ3) is 2.85. The highest BCUT2D eigenvalue weighted by molar-refractivity contribution is 7.70. The summed E-state index contributed by atoms with van der Waals surface area (Å²) >= 11 is 0. The average molecular weight is 236 g/mol. The molecular weight excluding hydrogens is 224 g/mol. The van der Waals surface area contributed by atoms with Gasteiger partial charge >= 0.3 is 6.18 Å². The molecule has 1 rings (SSSR count). The van der Waals surface area contributed by atoms with Gasteiger partial charge < -0.3 is 4.57 Å². The predicted molar refractivity (Wildman–Crippen MR) is 55.3 cm³/mol. The van der Waals surface area contributed by atoms with Crippen molar-refractivity contribution in [3.05, 3.63) is 29.3 Å². The largest absolute Gasteiger partial charge is 0.416 e. The number of rotatable bonds is 1. The lowest BCUT2D eigenvalue weighted by Crippen LogP contribution is -2.13. The molecule has 1 nitrogen and oxygen atoms in total. The van der Waals surface area contributed by atoms with Crippen molar-refractivity contribution in [3.63, 3.8) is 0 Å². The lowest BCUT2D eigenvalue weighted by molar-refractivity contribution is -0.137. The van der Waals surface area contributed by atoms with Crippen molar-refractivity contribution >= 4 is 12.4 Å². The first-order valence-corrected chi connectivity index (χ1v) is 6.96. The first-order valence-electron chi connectivity index (χ1n) is 4.36. The monoisotopic (exact) mass is 236 g/mol. The summed E-state index contributed by atoms with van der Waals surface area (Å²) in [6.45, 7) is 4.60. The Bertz CT molecular complexity index is 417. The van der Waals surface area contributed by atoms with Gasteiger partial charge in [0, 0.05) is 5.30 Å². The van der Waals surface area contributed by atoms with Crippen molar-refractivity contribution in [2.75, 3.05) is 13.3 Å². The quantitative estimate of drug-likeness (QED) is 0.684. The summed E-state index contributed by atoms with van der Waals surface area (Å²) in [5.41, 5.74) is -0.108. The van der Waals surface area contributed by atoms with Gasteiger partial charge in [-0.15, -0.1) is 0 Å². The van der Waals surface area contributed by atoms with Crippen LogP contribution in [0.1, 0.15) is 11.1 Å². The van der Waals surface area contributed by atoms with Crippen LogP contribution in [0.3, 0.4) is 0 Å². The molecule has 0 spiro atoms. The zero-order valence-electron chi connectivity index (χ0n) is 8.72. The van der Waals surface area contributed by atoms with Gasteiger partial charge in [-0.3, -0.25) is 0 Å². The molecule has 0 saturated heterocycles. The number of halogens is 3. The Morgan fingerprint density at radius 1 is 1.20 bits per heavy atom. The third-order valence-electron chi connectivity index (χ3n) is 2.12. The van der Waals surface area contributed by atoms with E-state index < -0.39 is 18.9 Å². The Kier molecular flexibility index (Phi) is 3.01. The highest BCUT2D eigenvalue weighted by atomic mass is 31.2. The first-order chi connectivity index (χ1) is 6.62. The Morgan fingerprint density at radius 3 is 2.13 bits per heavy atom. The Morgan fingerprint density at radius 2 is 1.73 bits per heavy atom. The number of hydrogen-bond donors (Lipinski definition) is 0. The zero-order valence-corrected chi connectivity index (χ0v) is 9.62. The van der Waals surface area contributed by atoms with Crippen LogP contribution in [0.5, 0.6) is 0 Å². The number of alkyl halides is 3. The average Bonchev–Trinajstić information content (AvgIpc) is 2.00. The molecule has 0 unspecified atom stereocenters. The number of benzene rings is 1. The maximum absolute atomic E-state index is 12.4. The van der Waals surface area contributed by atoms with E-state index in [9.17, 15) is 17.7 Å². The molecule has 0 aromatic heterocycles. The van der Waals surface area contributed by atoms with Crippen LogP contribution in [0.2, 0.25) is 0 Å². The van der Waals surface area contributed by atoms with E-state index in [2.05, 4.69) is 0 Å². The molecule has 0 aliphatic carbocycles. The maximum Gasteiger partial charge on any atom is 0.416 e. The second-order valence-corrected chi connectivity index (χ2v) is 7.03. The summed E-state index contributed by atoms with van der Waals surface area (Å²) < 4.78 is 48.9. The van der Waals surface area contributed by atoms with Gasteiger partial charge in [0.1, 0.15) is 7.14 Å². The molecule has 0 amide bonds. The Labute approximate surface area is 86.7 Å². The fourth-order valence-electron chi connectivity index (χ4n) is 1.37. The lowest BCUT2D eigenvalue weighted by atomic mass is 10.1. The van der Waals surface area contributed by atoms with Crippen LogP contribution in [0, 0.1) is 6.92 Å². The van der Waals surface area contributed by atoms with Crippen molar-refractivity contribution < 1.29 is 17.7 Å². The summed E-state index contributed by atoms with van der Waals surface area (Å²) in [4.78, 5) is 0. The van der Waals surface area contributed by atoms with Crippen molar-refractivity contribution in [1.29, 1.82) is 0 Å². The van der Waals surface area contributed by atoms with Crippen LogP contribution in [0.25, 0.3) is 0 Å². The molecule has 0 fully saturated rings. The van der Waals surface area contributed by atoms with Gasteiger partial charge in [0.2, 0.25) is 0 Å². The van der Waals surface area contributed by atoms with Gasteiger partial charge in [0.05, 0.1) is 5.56 Å². The van der Waals surface area contributed by atoms with Gasteiger partial charge in [0.15, 0.2) is 0 Å². The molecule has 0 aliphatic heterocycles. The molecule has 0 bridgehead atoms. The molecular formula is C10H12F3OP. The van der Waals surface area contributed by atoms with Gasteiger partial charge in [-0.25, -0.2) is 0 Å². The van der Waals surface area contributed by atoms with Crippen LogP contribution in [-0.2, 0) is 10.7 Å². The molecule has 1 aromatic carbocycles. The smallest absolute Gasteiger partial charge is 0.319 e. The van der Waals surface area contributed by atoms with Crippen molar-refractivity contribution in [2.45, 2.75) is 13.1 Å². The number of hydrogen-bond acceptors (Lipinski definition) is 1. The Balaban J connectivity index is 3.36. The van der Waals surface area contributed by atoms with Crippen LogP contribution < -0.4 is 5.30 Å². The highest BCUT2D eigenvalue weighted by Gasteiger charge is 2.31. The van der Waals surface area contributed by atoms with Crippen molar-refractivity contribution in [3.8, 4) is 0 Å². The van der Waals surface area contributed by atoms with E-state index >= 15 is 0 Å². The predicted octanol–water partition coefficient (Wildman–Crippen LogP) is 3.26. The van der Waals surface area contributed by atoms with Crippen LogP contribution in [-0.4, -0.2) is 13.3 Å². The van der Waals surface area contributed by atoms with Crippen LogP contribution in [0.15, 0.2) is 18.2 Å². The van der Waals surface area contributed by atoms with E-state index in [1.54, 1.807) is 6.92 Å². The molecule has 0 saturated carbocycles. The van der Waals surface area contributed by atoms with E-state index in [0.717, 1.165) is 12.1 Å². The zero-order chi connectivity index (χ0) is 11.9. The summed E-state index contributed by atoms with van der Waals surface area (Å²) in [6, 6.07) is 3.35. The van der Waals surface area contributed by atoms with E-state index in [1.165, 1.54) is 19.4 Å². The second kappa shape index (κ2) is 3.67. The third-order valence-corrected chi connectivity index (χ3v) is 3.76. The van der Waals surface area contributed by atoms with Crippen molar-refractivity contribution in [1.82, 2.24) is 0 Å². The van der Waals surface area contributed by atoms with Gasteiger partial charge in [-0.2, -0.15) is 13.2 Å². The molecule has 0 radical (unpaired) electrons. The van der Waals surface area contributed by atoms with Gasteiger partial charge in [-0.1, -0.05) is 6.07 Å². The van der Waals surface area contributed by atoms with Crippen LogP contribution in [0.4, 0.5) is 13.2 Å². The number of aryl methyl sites for hydroxylation is 1. The SMILES string of the molecule is Cc1ccc(C(F)(F)F)cc1P(C)(C)=O. The minimum absolute atomic E-state index is 0.303. The topological polar surface area (TPSA) is 17.1 Å². The lowest BCUT2D eigenvalue weighted by Gasteiger charge is -2.14. The maximum atomic E-state index is 12.4. The second-order valence-electron chi connectivity index (χ2n) is 3.85. The van der Waals surface area contributed by atoms with E-state index in [0.29, 0.717) is 10.9 Å². The molecule has 5 heteroatoms. The molecule has 1 aromatic rings. The standard InChI is InChI=1S/C10H12F3OP/c1-7-4-5-8(10(11,12)13)6-9(7)15(2,3)14/h4-6H,1-3H3. The fourth-order valence-corrected chi connectivity index (χ4v) is 2.74. The molecule has 84 valence electrons. The van der Waals surface area contributed by atoms with Gasteiger partial charge in [0.25, 0.3) is 0 Å². The molecule has 0 N–H and O–H groups in total. The summed E-state index contributed by atoms with van der Waals surface area (Å²) in [7, 11) is -2.65. The normalized spacial score (nSPS) is 12.9. The fraction of sp³-hybridized carbons (Fsp3) is 0.400. The minimum atomic E-state index is -4.38. The highest BCUT2D eigenvalue weighted by Crippen LogP contribution is 2.38. The summed E-state index contributed by atoms with van der Waals surface area (Å²) in [6.07, 6.45) is -4.38. The molecule has 0 aliphatic rings. The Hall–Kier alpha value is -0.760. The van der Waals surface area contributed by atoms with Crippen molar-refractivity contribution in [2.24, 2.45) is 0 Å². The van der Waals surface area contributed by atoms with E-state index in [1.807, 2.05) is 0 Å². The summed E-state index contributed by atoms with van der Waals surface area (Å²) in [5.74, 6) is 0.